The van der Waals surface area contributed by atoms with E-state index < -0.39 is 10.8 Å². The van der Waals surface area contributed by atoms with Crippen LogP contribution in [0, 0.1) is 0 Å². The largest absolute Gasteiger partial charge is 0.313 e. The lowest BCUT2D eigenvalue weighted by Crippen LogP contribution is -2.46. The maximum Gasteiger partial charge on any atom is 0.0503 e. The van der Waals surface area contributed by atoms with Gasteiger partial charge in [-0.25, -0.2) is 0 Å². The molecule has 0 spiro atoms. The summed E-state index contributed by atoms with van der Waals surface area (Å²) < 4.78 is 12.1. The minimum absolute atomic E-state index is 0.305. The van der Waals surface area contributed by atoms with Crippen LogP contribution in [0.15, 0.2) is 0 Å². The van der Waals surface area contributed by atoms with Gasteiger partial charge in [0.1, 0.15) is 0 Å². The molecule has 0 heterocycles. The van der Waals surface area contributed by atoms with E-state index in [4.69, 9.17) is 0 Å². The Morgan fingerprint density at radius 3 is 2.60 bits per heavy atom. The van der Waals surface area contributed by atoms with Gasteiger partial charge in [0.05, 0.1) is 5.25 Å². The van der Waals surface area contributed by atoms with Crippen molar-refractivity contribution in [3.8, 4) is 0 Å². The minimum Gasteiger partial charge on any atom is -0.313 e. The van der Waals surface area contributed by atoms with Crippen molar-refractivity contribution in [1.29, 1.82) is 0 Å². The summed E-state index contributed by atoms with van der Waals surface area (Å²) in [5, 5.41) is 4.26. The monoisotopic (exact) mass is 231 g/mol. The molecule has 0 aliphatic heterocycles. The second-order valence-corrected chi connectivity index (χ2v) is 6.97. The highest BCUT2D eigenvalue weighted by Gasteiger charge is 2.30. The molecule has 0 saturated heterocycles. The van der Waals surface area contributed by atoms with E-state index in [9.17, 15) is 4.21 Å². The van der Waals surface area contributed by atoms with Crippen LogP contribution in [0.1, 0.15) is 52.9 Å². The molecule has 1 aliphatic rings. The van der Waals surface area contributed by atoms with E-state index in [2.05, 4.69) is 26.1 Å². The van der Waals surface area contributed by atoms with E-state index in [1.807, 2.05) is 0 Å². The zero-order chi connectivity index (χ0) is 11.3. The summed E-state index contributed by atoms with van der Waals surface area (Å²) in [5.74, 6) is 0. The molecule has 0 radical (unpaired) electrons. The molecule has 0 aromatic heterocycles. The van der Waals surface area contributed by atoms with Crippen molar-refractivity contribution in [1.82, 2.24) is 5.32 Å². The molecule has 0 aromatic rings. The molecule has 0 bridgehead atoms. The van der Waals surface area contributed by atoms with Crippen molar-refractivity contribution in [3.05, 3.63) is 0 Å². The summed E-state index contributed by atoms with van der Waals surface area (Å²) in [6, 6.07) is 0.502. The summed E-state index contributed by atoms with van der Waals surface area (Å²) >= 11 is 0. The normalized spacial score (nSPS) is 29.3. The van der Waals surface area contributed by atoms with Crippen molar-refractivity contribution < 1.29 is 4.21 Å². The molecule has 15 heavy (non-hydrogen) atoms. The lowest BCUT2D eigenvalue weighted by atomic mass is 9.95. The first-order valence-electron chi connectivity index (χ1n) is 6.29. The molecular weight excluding hydrogens is 206 g/mol. The number of hydrogen-bond acceptors (Lipinski definition) is 2. The van der Waals surface area contributed by atoms with Gasteiger partial charge < -0.3 is 5.32 Å². The van der Waals surface area contributed by atoms with Crippen LogP contribution >= 0.6 is 0 Å². The Bertz CT molecular complexity index is 206. The van der Waals surface area contributed by atoms with Gasteiger partial charge >= 0.3 is 0 Å². The number of hydrogen-bond donors (Lipinski definition) is 1. The molecule has 1 fully saturated rings. The second-order valence-electron chi connectivity index (χ2n) is 4.76. The predicted octanol–water partition coefficient (Wildman–Crippen LogP) is 2.45. The van der Waals surface area contributed by atoms with Gasteiger partial charge in [-0.1, -0.05) is 33.6 Å². The second kappa shape index (κ2) is 6.64. The summed E-state index contributed by atoms with van der Waals surface area (Å²) in [6.45, 7) is 7.39. The molecule has 1 saturated carbocycles. The van der Waals surface area contributed by atoms with E-state index in [-0.39, 0.29) is 0 Å². The first kappa shape index (κ1) is 13.2. The summed E-state index contributed by atoms with van der Waals surface area (Å²) in [4.78, 5) is 0. The van der Waals surface area contributed by atoms with Gasteiger partial charge in [-0.05, 0) is 25.8 Å². The van der Waals surface area contributed by atoms with Gasteiger partial charge in [-0.15, -0.1) is 0 Å². The predicted molar refractivity (Wildman–Crippen MR) is 67.6 cm³/mol. The standard InChI is InChI=1S/C12H25NOS/c1-4-9-13-11-7-5-6-8-12(11)15(14)10(2)3/h10-13H,4-9H2,1-3H3. The molecule has 2 nitrogen and oxygen atoms in total. The molecule has 0 aromatic carbocycles. The van der Waals surface area contributed by atoms with Crippen molar-refractivity contribution in [2.75, 3.05) is 6.54 Å². The molecule has 1 N–H and O–H groups in total. The third-order valence-corrected chi connectivity index (χ3v) is 5.21. The average molecular weight is 231 g/mol. The van der Waals surface area contributed by atoms with Crippen molar-refractivity contribution in [3.63, 3.8) is 0 Å². The van der Waals surface area contributed by atoms with Gasteiger partial charge in [-0.3, -0.25) is 4.21 Å². The van der Waals surface area contributed by atoms with E-state index >= 15 is 0 Å². The van der Waals surface area contributed by atoms with E-state index in [0.717, 1.165) is 19.4 Å². The smallest absolute Gasteiger partial charge is 0.0503 e. The maximum absolute atomic E-state index is 12.1. The van der Waals surface area contributed by atoms with Crippen LogP contribution in [-0.2, 0) is 10.8 Å². The van der Waals surface area contributed by atoms with Crippen LogP contribution in [0.25, 0.3) is 0 Å². The van der Waals surface area contributed by atoms with Crippen molar-refractivity contribution >= 4 is 10.8 Å². The van der Waals surface area contributed by atoms with Crippen LogP contribution in [0.3, 0.4) is 0 Å². The molecule has 3 unspecified atom stereocenters. The third kappa shape index (κ3) is 3.87. The molecule has 3 atom stereocenters. The Morgan fingerprint density at radius 2 is 2.00 bits per heavy atom. The Hall–Kier alpha value is 0.110. The Morgan fingerprint density at radius 1 is 1.33 bits per heavy atom. The van der Waals surface area contributed by atoms with E-state index in [0.29, 0.717) is 16.5 Å². The highest BCUT2D eigenvalue weighted by molar-refractivity contribution is 7.86. The number of nitrogens with one attached hydrogen (secondary N) is 1. The fourth-order valence-corrected chi connectivity index (χ4v) is 3.94. The molecule has 90 valence electrons. The zero-order valence-corrected chi connectivity index (χ0v) is 11.1. The highest BCUT2D eigenvalue weighted by atomic mass is 32.2. The van der Waals surface area contributed by atoms with Gasteiger partial charge in [0.15, 0.2) is 0 Å². The summed E-state index contributed by atoms with van der Waals surface area (Å²) in [5.41, 5.74) is 0. The average Bonchev–Trinajstić information content (AvgIpc) is 2.25. The lowest BCUT2D eigenvalue weighted by molar-refractivity contribution is 0.378. The van der Waals surface area contributed by atoms with Crippen molar-refractivity contribution in [2.24, 2.45) is 0 Å². The molecular formula is C12H25NOS. The molecule has 1 rings (SSSR count). The highest BCUT2D eigenvalue weighted by Crippen LogP contribution is 2.24. The van der Waals surface area contributed by atoms with Gasteiger partial charge in [0, 0.05) is 22.1 Å². The quantitative estimate of drug-likeness (QED) is 0.787. The minimum atomic E-state index is -0.654. The lowest BCUT2D eigenvalue weighted by Gasteiger charge is -2.32. The number of rotatable bonds is 5. The summed E-state index contributed by atoms with van der Waals surface area (Å²) in [6.07, 6.45) is 6.08. The van der Waals surface area contributed by atoms with Gasteiger partial charge in [0.2, 0.25) is 0 Å². The molecule has 0 amide bonds. The Labute approximate surface area is 96.7 Å². The van der Waals surface area contributed by atoms with Crippen molar-refractivity contribution in [2.45, 2.75) is 69.4 Å². The zero-order valence-electron chi connectivity index (χ0n) is 10.3. The van der Waals surface area contributed by atoms with Crippen LogP contribution in [-0.4, -0.2) is 27.3 Å². The Balaban J connectivity index is 2.53. The van der Waals surface area contributed by atoms with E-state index in [1.165, 1.54) is 19.3 Å². The van der Waals surface area contributed by atoms with Crippen LogP contribution in [0.4, 0.5) is 0 Å². The SMILES string of the molecule is CCCNC1CCCCC1S(=O)C(C)C. The molecule has 3 heteroatoms. The first-order valence-corrected chi connectivity index (χ1v) is 7.57. The van der Waals surface area contributed by atoms with Gasteiger partial charge in [-0.2, -0.15) is 0 Å². The Kier molecular flexibility index (Phi) is 5.83. The van der Waals surface area contributed by atoms with Gasteiger partial charge in [0.25, 0.3) is 0 Å². The van der Waals surface area contributed by atoms with Crippen LogP contribution < -0.4 is 5.32 Å². The maximum atomic E-state index is 12.1. The molecule has 1 aliphatic carbocycles. The fraction of sp³-hybridized carbons (Fsp3) is 1.00. The van der Waals surface area contributed by atoms with Crippen LogP contribution in [0.5, 0.6) is 0 Å². The third-order valence-electron chi connectivity index (χ3n) is 3.12. The van der Waals surface area contributed by atoms with E-state index in [1.54, 1.807) is 0 Å². The first-order chi connectivity index (χ1) is 7.16. The fourth-order valence-electron chi connectivity index (χ4n) is 2.29. The summed E-state index contributed by atoms with van der Waals surface area (Å²) in [7, 11) is -0.654. The van der Waals surface area contributed by atoms with Crippen LogP contribution in [0.2, 0.25) is 0 Å². The topological polar surface area (TPSA) is 29.1 Å².